The van der Waals surface area contributed by atoms with E-state index in [1.807, 2.05) is 0 Å². The van der Waals surface area contributed by atoms with Crippen LogP contribution in [0.3, 0.4) is 0 Å². The molecule has 0 spiro atoms. The van der Waals surface area contributed by atoms with Gasteiger partial charge in [0.1, 0.15) is 11.6 Å². The molecule has 0 atom stereocenters. The Morgan fingerprint density at radius 3 is 2.64 bits per heavy atom. The summed E-state index contributed by atoms with van der Waals surface area (Å²) in [5.74, 6) is -5.13. The molecule has 1 rings (SSSR count). The molecule has 0 unspecified atom stereocenters. The van der Waals surface area contributed by atoms with Crippen molar-refractivity contribution in [1.29, 1.82) is 0 Å². The van der Waals surface area contributed by atoms with Crippen molar-refractivity contribution in [3.63, 3.8) is 0 Å². The van der Waals surface area contributed by atoms with Gasteiger partial charge in [0.05, 0.1) is 5.56 Å². The van der Waals surface area contributed by atoms with E-state index in [-0.39, 0.29) is 22.4 Å². The fourth-order valence-electron chi connectivity index (χ4n) is 1.18. The van der Waals surface area contributed by atoms with E-state index in [9.17, 15) is 31.5 Å². The van der Waals surface area contributed by atoms with Crippen molar-refractivity contribution in [3.05, 3.63) is 23.9 Å². The number of halogens is 5. The van der Waals surface area contributed by atoms with E-state index in [0.717, 1.165) is 6.07 Å². The number of nitrogens with zero attached hydrogens (tertiary/aromatic N) is 1. The molecule has 22 heavy (non-hydrogen) atoms. The number of hydrogen-bond acceptors (Lipinski definition) is 5. The number of ether oxygens (including phenoxy) is 1. The van der Waals surface area contributed by atoms with Crippen LogP contribution >= 0.6 is 11.8 Å². The molecular weight excluding hydrogens is 335 g/mol. The van der Waals surface area contributed by atoms with Crippen LogP contribution in [0, 0.1) is 0 Å². The summed E-state index contributed by atoms with van der Waals surface area (Å²) in [4.78, 5) is 26.3. The zero-order valence-corrected chi connectivity index (χ0v) is 11.5. The Kier molecular flexibility index (Phi) is 6.53. The van der Waals surface area contributed by atoms with E-state index in [2.05, 4.69) is 9.72 Å². The Hall–Kier alpha value is -1.91. The molecule has 1 aromatic heterocycles. The number of alkyl halides is 5. The van der Waals surface area contributed by atoms with Crippen molar-refractivity contribution in [3.8, 4) is 0 Å². The minimum absolute atomic E-state index is 0.00667. The molecule has 1 amide bonds. The first-order valence-corrected chi connectivity index (χ1v) is 6.47. The molecule has 1 heterocycles. The van der Waals surface area contributed by atoms with Crippen molar-refractivity contribution in [2.75, 3.05) is 13.2 Å². The molecule has 0 aromatic carbocycles. The van der Waals surface area contributed by atoms with E-state index in [1.165, 1.54) is 17.6 Å². The maximum absolute atomic E-state index is 12.3. The molecular formula is C11H9F5N2O3S. The number of nitrogens with one attached hydrogen (secondary N) is 1. The minimum Gasteiger partial charge on any atom is -0.452 e. The van der Waals surface area contributed by atoms with Crippen molar-refractivity contribution in [1.82, 2.24) is 10.3 Å². The van der Waals surface area contributed by atoms with E-state index < -0.39 is 37.0 Å². The molecule has 1 aromatic rings. The molecule has 0 aliphatic rings. The van der Waals surface area contributed by atoms with Gasteiger partial charge in [-0.05, 0) is 23.9 Å². The van der Waals surface area contributed by atoms with E-state index >= 15 is 0 Å². The maximum atomic E-state index is 12.3. The molecule has 0 saturated carbocycles. The first-order valence-electron chi connectivity index (χ1n) is 5.59. The molecule has 0 radical (unpaired) electrons. The third-order valence-electron chi connectivity index (χ3n) is 2.01. The van der Waals surface area contributed by atoms with Crippen LogP contribution in [0.15, 0.2) is 23.4 Å². The number of thioether (sulfide) groups is 1. The van der Waals surface area contributed by atoms with Crippen molar-refractivity contribution >= 4 is 23.6 Å². The number of carbonyl (C=O) groups excluding carboxylic acids is 2. The highest BCUT2D eigenvalue weighted by Crippen LogP contribution is 2.26. The standard InChI is InChI=1S/C11H9F5N2O3S/c12-10(13)22-8-6(2-1-3-17-8)9(20)21-4-7(19)18-5-11(14,15)16/h1-3,10H,4-5H2,(H,18,19). The maximum Gasteiger partial charge on any atom is 0.405 e. The summed E-state index contributed by atoms with van der Waals surface area (Å²) >= 11 is 0.00667. The van der Waals surface area contributed by atoms with Crippen LogP contribution in [0.2, 0.25) is 0 Å². The molecule has 1 N–H and O–H groups in total. The fourth-order valence-corrected chi connectivity index (χ4v) is 1.75. The average Bonchev–Trinajstić information content (AvgIpc) is 2.41. The predicted octanol–water partition coefficient (Wildman–Crippen LogP) is 2.23. The topological polar surface area (TPSA) is 68.3 Å². The molecule has 0 fully saturated rings. The van der Waals surface area contributed by atoms with Crippen molar-refractivity contribution in [2.24, 2.45) is 0 Å². The van der Waals surface area contributed by atoms with Crippen LogP contribution in [0.5, 0.6) is 0 Å². The summed E-state index contributed by atoms with van der Waals surface area (Å²) < 4.78 is 64.6. The van der Waals surface area contributed by atoms with Gasteiger partial charge in [0.25, 0.3) is 11.7 Å². The SMILES string of the molecule is O=C(COC(=O)c1cccnc1SC(F)F)NCC(F)(F)F. The van der Waals surface area contributed by atoms with Crippen LogP contribution < -0.4 is 5.32 Å². The second-order valence-electron chi connectivity index (χ2n) is 3.70. The van der Waals surface area contributed by atoms with Gasteiger partial charge in [-0.15, -0.1) is 0 Å². The highest BCUT2D eigenvalue weighted by atomic mass is 32.2. The number of hydrogen-bond donors (Lipinski definition) is 1. The molecule has 0 saturated heterocycles. The van der Waals surface area contributed by atoms with Gasteiger partial charge in [-0.2, -0.15) is 22.0 Å². The lowest BCUT2D eigenvalue weighted by atomic mass is 10.3. The van der Waals surface area contributed by atoms with Gasteiger partial charge < -0.3 is 10.1 Å². The lowest BCUT2D eigenvalue weighted by Crippen LogP contribution is -2.36. The molecule has 11 heteroatoms. The normalized spacial score (nSPS) is 11.4. The summed E-state index contributed by atoms with van der Waals surface area (Å²) in [7, 11) is 0. The summed E-state index contributed by atoms with van der Waals surface area (Å²) in [5, 5.41) is 1.19. The number of aromatic nitrogens is 1. The van der Waals surface area contributed by atoms with Gasteiger partial charge in [-0.3, -0.25) is 4.79 Å². The third-order valence-corrected chi connectivity index (χ3v) is 2.74. The number of esters is 1. The second kappa shape index (κ2) is 7.92. The Morgan fingerprint density at radius 2 is 2.05 bits per heavy atom. The lowest BCUT2D eigenvalue weighted by molar-refractivity contribution is -0.140. The lowest BCUT2D eigenvalue weighted by Gasteiger charge is -2.10. The van der Waals surface area contributed by atoms with E-state index in [1.54, 1.807) is 0 Å². The average molecular weight is 344 g/mol. The molecule has 0 aliphatic heterocycles. The first kappa shape index (κ1) is 18.1. The van der Waals surface area contributed by atoms with Gasteiger partial charge in [-0.25, -0.2) is 9.78 Å². The van der Waals surface area contributed by atoms with Gasteiger partial charge >= 0.3 is 12.1 Å². The summed E-state index contributed by atoms with van der Waals surface area (Å²) in [5.41, 5.74) is -0.309. The van der Waals surface area contributed by atoms with Gasteiger partial charge in [-0.1, -0.05) is 0 Å². The third kappa shape index (κ3) is 6.70. The Labute approximate surface area is 125 Å². The van der Waals surface area contributed by atoms with Crippen LogP contribution in [0.4, 0.5) is 22.0 Å². The Morgan fingerprint density at radius 1 is 1.36 bits per heavy atom. The molecule has 0 bridgehead atoms. The first-order chi connectivity index (χ1) is 10.2. The van der Waals surface area contributed by atoms with Crippen LogP contribution in [-0.4, -0.2) is 41.9 Å². The molecule has 5 nitrogen and oxygen atoms in total. The summed E-state index contributed by atoms with van der Waals surface area (Å²) in [6, 6.07) is 2.43. The Balaban J connectivity index is 2.57. The zero-order chi connectivity index (χ0) is 16.8. The van der Waals surface area contributed by atoms with Gasteiger partial charge in [0.2, 0.25) is 0 Å². The number of carbonyl (C=O) groups is 2. The van der Waals surface area contributed by atoms with E-state index in [0.29, 0.717) is 0 Å². The van der Waals surface area contributed by atoms with E-state index in [4.69, 9.17) is 0 Å². The van der Waals surface area contributed by atoms with Crippen LogP contribution in [0.1, 0.15) is 10.4 Å². The zero-order valence-electron chi connectivity index (χ0n) is 10.7. The quantitative estimate of drug-likeness (QED) is 0.487. The monoisotopic (exact) mass is 344 g/mol. The van der Waals surface area contributed by atoms with Gasteiger partial charge in [0, 0.05) is 6.20 Å². The minimum atomic E-state index is -4.59. The Bertz CT molecular complexity index is 539. The molecule has 0 aliphatic carbocycles. The molecule has 122 valence electrons. The van der Waals surface area contributed by atoms with Crippen LogP contribution in [-0.2, 0) is 9.53 Å². The second-order valence-corrected chi connectivity index (χ2v) is 4.68. The predicted molar refractivity (Wildman–Crippen MR) is 65.4 cm³/mol. The number of rotatable bonds is 6. The van der Waals surface area contributed by atoms with Crippen molar-refractivity contribution < 1.29 is 36.3 Å². The van der Waals surface area contributed by atoms with Crippen molar-refractivity contribution in [2.45, 2.75) is 17.0 Å². The summed E-state index contributed by atoms with van der Waals surface area (Å²) in [6.07, 6.45) is -3.42. The number of pyridine rings is 1. The highest BCUT2D eigenvalue weighted by molar-refractivity contribution is 7.99. The summed E-state index contributed by atoms with van der Waals surface area (Å²) in [6.45, 7) is -2.54. The van der Waals surface area contributed by atoms with Gasteiger partial charge in [0.15, 0.2) is 6.61 Å². The largest absolute Gasteiger partial charge is 0.452 e. The highest BCUT2D eigenvalue weighted by Gasteiger charge is 2.28. The smallest absolute Gasteiger partial charge is 0.405 e. The fraction of sp³-hybridized carbons (Fsp3) is 0.364. The van der Waals surface area contributed by atoms with Crippen LogP contribution in [0.25, 0.3) is 0 Å². The number of amides is 1.